The molecule has 0 bridgehead atoms. The van der Waals surface area contributed by atoms with Crippen LogP contribution in [-0.4, -0.2) is 29.5 Å². The van der Waals surface area contributed by atoms with E-state index in [4.69, 9.17) is 4.74 Å². The van der Waals surface area contributed by atoms with Gasteiger partial charge in [0.1, 0.15) is 4.47 Å². The molecular formula is C14H22BrN3O2. The predicted molar refractivity (Wildman–Crippen MR) is 83.1 cm³/mol. The van der Waals surface area contributed by atoms with E-state index in [-0.39, 0.29) is 5.56 Å². The molecular weight excluding hydrogens is 322 g/mol. The van der Waals surface area contributed by atoms with Gasteiger partial charge in [-0.25, -0.2) is 4.68 Å². The van der Waals surface area contributed by atoms with Crippen LogP contribution in [-0.2, 0) is 11.3 Å². The van der Waals surface area contributed by atoms with Gasteiger partial charge in [0.25, 0.3) is 5.56 Å². The van der Waals surface area contributed by atoms with Crippen molar-refractivity contribution in [3.8, 4) is 0 Å². The molecule has 2 unspecified atom stereocenters. The van der Waals surface area contributed by atoms with Gasteiger partial charge in [-0.15, -0.1) is 0 Å². The van der Waals surface area contributed by atoms with Crippen molar-refractivity contribution in [2.45, 2.75) is 45.2 Å². The molecule has 1 aliphatic carbocycles. The Labute approximate surface area is 127 Å². The fourth-order valence-corrected chi connectivity index (χ4v) is 3.05. The molecule has 1 aliphatic rings. The third kappa shape index (κ3) is 3.61. The SMILES string of the molecule is COCCn1ncc(NC2CCCCC2C)c(Br)c1=O. The number of nitrogens with zero attached hydrogens (tertiary/aromatic N) is 2. The van der Waals surface area contributed by atoms with Crippen LogP contribution in [0.25, 0.3) is 0 Å². The Morgan fingerprint density at radius 3 is 2.95 bits per heavy atom. The molecule has 1 heterocycles. The Morgan fingerprint density at radius 2 is 2.25 bits per heavy atom. The van der Waals surface area contributed by atoms with Gasteiger partial charge in [-0.2, -0.15) is 5.10 Å². The molecule has 0 saturated heterocycles. The molecule has 1 saturated carbocycles. The van der Waals surface area contributed by atoms with Crippen molar-refractivity contribution in [3.05, 3.63) is 21.0 Å². The molecule has 0 radical (unpaired) electrons. The largest absolute Gasteiger partial charge is 0.383 e. The third-order valence-electron chi connectivity index (χ3n) is 3.94. The standard InChI is InChI=1S/C14H22BrN3O2/c1-10-5-3-4-6-11(10)17-12-9-16-18(7-8-20-2)14(19)13(12)15/h9-11,17H,3-8H2,1-2H3. The van der Waals surface area contributed by atoms with E-state index < -0.39 is 0 Å². The lowest BCUT2D eigenvalue weighted by Gasteiger charge is -2.30. The number of hydrogen-bond donors (Lipinski definition) is 1. The highest BCUT2D eigenvalue weighted by atomic mass is 79.9. The fourth-order valence-electron chi connectivity index (χ4n) is 2.63. The highest BCUT2D eigenvalue weighted by molar-refractivity contribution is 9.10. The van der Waals surface area contributed by atoms with Crippen molar-refractivity contribution in [2.75, 3.05) is 19.0 Å². The summed E-state index contributed by atoms with van der Waals surface area (Å²) >= 11 is 3.39. The topological polar surface area (TPSA) is 56.1 Å². The van der Waals surface area contributed by atoms with Gasteiger partial charge < -0.3 is 10.1 Å². The molecule has 2 rings (SSSR count). The Kier molecular flexibility index (Phi) is 5.60. The second-order valence-corrected chi connectivity index (χ2v) is 6.20. The van der Waals surface area contributed by atoms with E-state index in [0.29, 0.717) is 29.6 Å². The highest BCUT2D eigenvalue weighted by Gasteiger charge is 2.22. The summed E-state index contributed by atoms with van der Waals surface area (Å²) in [7, 11) is 1.61. The van der Waals surface area contributed by atoms with Crippen LogP contribution in [0.4, 0.5) is 5.69 Å². The zero-order chi connectivity index (χ0) is 14.5. The first-order valence-corrected chi connectivity index (χ1v) is 7.94. The summed E-state index contributed by atoms with van der Waals surface area (Å²) < 4.78 is 6.95. The summed E-state index contributed by atoms with van der Waals surface area (Å²) in [4.78, 5) is 12.2. The van der Waals surface area contributed by atoms with E-state index in [1.54, 1.807) is 13.3 Å². The predicted octanol–water partition coefficient (Wildman–Crippen LogP) is 2.64. The minimum Gasteiger partial charge on any atom is -0.383 e. The minimum absolute atomic E-state index is 0.115. The summed E-state index contributed by atoms with van der Waals surface area (Å²) in [6.45, 7) is 3.21. The number of nitrogens with one attached hydrogen (secondary N) is 1. The van der Waals surface area contributed by atoms with Gasteiger partial charge >= 0.3 is 0 Å². The van der Waals surface area contributed by atoms with Gasteiger partial charge in [-0.05, 0) is 34.7 Å². The molecule has 0 amide bonds. The third-order valence-corrected chi connectivity index (χ3v) is 4.71. The molecule has 1 aromatic rings. The van der Waals surface area contributed by atoms with Crippen LogP contribution < -0.4 is 10.9 Å². The second kappa shape index (κ2) is 7.22. The van der Waals surface area contributed by atoms with Gasteiger partial charge in [0.15, 0.2) is 0 Å². The molecule has 2 atom stereocenters. The maximum atomic E-state index is 12.2. The maximum Gasteiger partial charge on any atom is 0.283 e. The van der Waals surface area contributed by atoms with Crippen molar-refractivity contribution in [1.82, 2.24) is 9.78 Å². The van der Waals surface area contributed by atoms with Crippen molar-refractivity contribution in [2.24, 2.45) is 5.92 Å². The van der Waals surface area contributed by atoms with E-state index in [2.05, 4.69) is 33.3 Å². The Hall–Kier alpha value is -0.880. The first kappa shape index (κ1) is 15.5. The zero-order valence-electron chi connectivity index (χ0n) is 12.1. The van der Waals surface area contributed by atoms with Crippen molar-refractivity contribution in [1.29, 1.82) is 0 Å². The van der Waals surface area contributed by atoms with Crippen LogP contribution in [0.15, 0.2) is 15.5 Å². The van der Waals surface area contributed by atoms with Crippen LogP contribution in [0.3, 0.4) is 0 Å². The van der Waals surface area contributed by atoms with E-state index in [9.17, 15) is 4.79 Å². The van der Waals surface area contributed by atoms with Gasteiger partial charge in [0.05, 0.1) is 25.0 Å². The quantitative estimate of drug-likeness (QED) is 0.892. The van der Waals surface area contributed by atoms with Crippen LogP contribution in [0.1, 0.15) is 32.6 Å². The van der Waals surface area contributed by atoms with Crippen molar-refractivity contribution < 1.29 is 4.74 Å². The molecule has 0 aromatic carbocycles. The number of aromatic nitrogens is 2. The van der Waals surface area contributed by atoms with E-state index in [0.717, 1.165) is 12.1 Å². The van der Waals surface area contributed by atoms with Crippen LogP contribution >= 0.6 is 15.9 Å². The maximum absolute atomic E-state index is 12.2. The second-order valence-electron chi connectivity index (χ2n) is 5.41. The highest BCUT2D eigenvalue weighted by Crippen LogP contribution is 2.28. The lowest BCUT2D eigenvalue weighted by atomic mass is 9.86. The minimum atomic E-state index is -0.115. The summed E-state index contributed by atoms with van der Waals surface area (Å²) in [5.74, 6) is 0.631. The number of halogens is 1. The lowest BCUT2D eigenvalue weighted by Crippen LogP contribution is -2.32. The van der Waals surface area contributed by atoms with E-state index in [1.165, 1.54) is 23.9 Å². The molecule has 5 nitrogen and oxygen atoms in total. The number of ether oxygens (including phenoxy) is 1. The van der Waals surface area contributed by atoms with Crippen molar-refractivity contribution in [3.63, 3.8) is 0 Å². The first-order chi connectivity index (χ1) is 9.63. The van der Waals surface area contributed by atoms with E-state index >= 15 is 0 Å². The zero-order valence-corrected chi connectivity index (χ0v) is 13.6. The monoisotopic (exact) mass is 343 g/mol. The number of hydrogen-bond acceptors (Lipinski definition) is 4. The Morgan fingerprint density at radius 1 is 1.50 bits per heavy atom. The number of anilines is 1. The van der Waals surface area contributed by atoms with Crippen LogP contribution in [0.5, 0.6) is 0 Å². The van der Waals surface area contributed by atoms with Crippen LogP contribution in [0.2, 0.25) is 0 Å². The normalized spacial score (nSPS) is 22.8. The Bertz CT molecular complexity index is 504. The number of methoxy groups -OCH3 is 1. The molecule has 6 heteroatoms. The summed E-state index contributed by atoms with van der Waals surface area (Å²) in [5.41, 5.74) is 0.679. The number of rotatable bonds is 5. The molecule has 1 fully saturated rings. The summed E-state index contributed by atoms with van der Waals surface area (Å²) in [6, 6.07) is 0.427. The first-order valence-electron chi connectivity index (χ1n) is 7.14. The van der Waals surface area contributed by atoms with Crippen LogP contribution in [0, 0.1) is 5.92 Å². The molecule has 0 spiro atoms. The lowest BCUT2D eigenvalue weighted by molar-refractivity contribution is 0.181. The van der Waals surface area contributed by atoms with Gasteiger partial charge in [0.2, 0.25) is 0 Å². The van der Waals surface area contributed by atoms with Gasteiger partial charge in [-0.1, -0.05) is 19.8 Å². The average molecular weight is 344 g/mol. The molecule has 20 heavy (non-hydrogen) atoms. The molecule has 0 aliphatic heterocycles. The summed E-state index contributed by atoms with van der Waals surface area (Å²) in [6.07, 6.45) is 6.67. The molecule has 1 aromatic heterocycles. The smallest absolute Gasteiger partial charge is 0.283 e. The van der Waals surface area contributed by atoms with Gasteiger partial charge in [-0.3, -0.25) is 4.79 Å². The molecule has 112 valence electrons. The Balaban J connectivity index is 2.12. The summed E-state index contributed by atoms with van der Waals surface area (Å²) in [5, 5.41) is 7.67. The van der Waals surface area contributed by atoms with E-state index in [1.807, 2.05) is 0 Å². The molecule has 1 N–H and O–H groups in total. The van der Waals surface area contributed by atoms with Crippen molar-refractivity contribution >= 4 is 21.6 Å². The van der Waals surface area contributed by atoms with Gasteiger partial charge in [0, 0.05) is 13.2 Å². The average Bonchev–Trinajstić information content (AvgIpc) is 2.45. The fraction of sp³-hybridized carbons (Fsp3) is 0.714.